The van der Waals surface area contributed by atoms with Crippen LogP contribution in [-0.4, -0.2) is 32.2 Å². The van der Waals surface area contributed by atoms with Crippen LogP contribution in [0, 0.1) is 0 Å². The number of unbranched alkanes of at least 4 members (excludes halogenated alkanes) is 10. The number of nitrogens with one attached hydrogen (secondary N) is 2. The molecular weight excluding hydrogens is 318 g/mol. The molecule has 0 aromatic carbocycles. The molecule has 0 aliphatic rings. The monoisotopic (exact) mass is 369 g/mol. The topological polar surface area (TPSA) is 50.1 Å². The van der Waals surface area contributed by atoms with Gasteiger partial charge in [0.15, 0.2) is 0 Å². The van der Waals surface area contributed by atoms with E-state index in [1.165, 1.54) is 103 Å². The van der Waals surface area contributed by atoms with Crippen LogP contribution in [0.5, 0.6) is 0 Å². The Bertz CT molecular complexity index is 246. The molecule has 0 aromatic rings. The molecule has 0 heterocycles. The normalized spacial score (nSPS) is 12.6. The van der Waals surface area contributed by atoms with Crippen LogP contribution in [0.15, 0.2) is 0 Å². The standard InChI is InChI=1S/C23H51N3/c1-3-5-6-7-8-9-10-11-12-13-18-23(17-4-2)26-22-15-14-20-25-21-16-19-24/h23,25-26H,3-22,24H2,1-2H3. The van der Waals surface area contributed by atoms with Crippen molar-refractivity contribution in [3.63, 3.8) is 0 Å². The van der Waals surface area contributed by atoms with E-state index in [-0.39, 0.29) is 0 Å². The van der Waals surface area contributed by atoms with Gasteiger partial charge in [0, 0.05) is 6.04 Å². The molecule has 0 rings (SSSR count). The van der Waals surface area contributed by atoms with Crippen LogP contribution in [0.2, 0.25) is 0 Å². The van der Waals surface area contributed by atoms with Crippen LogP contribution in [0.3, 0.4) is 0 Å². The van der Waals surface area contributed by atoms with E-state index in [0.29, 0.717) is 0 Å². The van der Waals surface area contributed by atoms with Gasteiger partial charge in [-0.05, 0) is 58.3 Å². The van der Waals surface area contributed by atoms with Gasteiger partial charge in [0.05, 0.1) is 0 Å². The lowest BCUT2D eigenvalue weighted by molar-refractivity contribution is 0.419. The van der Waals surface area contributed by atoms with Crippen molar-refractivity contribution in [3.05, 3.63) is 0 Å². The van der Waals surface area contributed by atoms with Gasteiger partial charge in [0.2, 0.25) is 0 Å². The maximum Gasteiger partial charge on any atom is 0.00669 e. The van der Waals surface area contributed by atoms with Crippen molar-refractivity contribution in [2.75, 3.05) is 26.2 Å². The molecule has 0 aromatic heterocycles. The van der Waals surface area contributed by atoms with E-state index in [4.69, 9.17) is 5.73 Å². The van der Waals surface area contributed by atoms with Crippen molar-refractivity contribution < 1.29 is 0 Å². The minimum atomic E-state index is 0.749. The molecule has 3 nitrogen and oxygen atoms in total. The second-order valence-corrected chi connectivity index (χ2v) is 8.01. The van der Waals surface area contributed by atoms with Crippen LogP contribution in [0.25, 0.3) is 0 Å². The second kappa shape index (κ2) is 22.9. The van der Waals surface area contributed by atoms with Crippen molar-refractivity contribution in [1.82, 2.24) is 10.6 Å². The molecule has 3 heteroatoms. The molecule has 1 atom stereocenters. The molecule has 26 heavy (non-hydrogen) atoms. The van der Waals surface area contributed by atoms with Crippen molar-refractivity contribution >= 4 is 0 Å². The predicted octanol–water partition coefficient (Wildman–Crippen LogP) is 5.77. The zero-order valence-electron chi connectivity index (χ0n) is 18.3. The van der Waals surface area contributed by atoms with E-state index in [9.17, 15) is 0 Å². The van der Waals surface area contributed by atoms with E-state index in [1.54, 1.807) is 0 Å². The third kappa shape index (κ3) is 20.2. The fraction of sp³-hybridized carbons (Fsp3) is 1.00. The van der Waals surface area contributed by atoms with Crippen LogP contribution in [0.4, 0.5) is 0 Å². The lowest BCUT2D eigenvalue weighted by Gasteiger charge is -2.18. The lowest BCUT2D eigenvalue weighted by Crippen LogP contribution is -2.30. The first kappa shape index (κ1) is 25.9. The minimum Gasteiger partial charge on any atom is -0.330 e. The molecule has 0 amide bonds. The first-order valence-electron chi connectivity index (χ1n) is 12.0. The van der Waals surface area contributed by atoms with Crippen molar-refractivity contribution in [2.24, 2.45) is 5.73 Å². The summed E-state index contributed by atoms with van der Waals surface area (Å²) >= 11 is 0. The fourth-order valence-corrected chi connectivity index (χ4v) is 3.61. The average Bonchev–Trinajstić information content (AvgIpc) is 2.65. The summed E-state index contributed by atoms with van der Waals surface area (Å²) in [6.07, 6.45) is 22.0. The Morgan fingerprint density at radius 2 is 1.15 bits per heavy atom. The van der Waals surface area contributed by atoms with Gasteiger partial charge in [-0.3, -0.25) is 0 Å². The Hall–Kier alpha value is -0.120. The maximum absolute atomic E-state index is 5.50. The lowest BCUT2D eigenvalue weighted by atomic mass is 10.0. The average molecular weight is 370 g/mol. The van der Waals surface area contributed by atoms with Crippen LogP contribution in [-0.2, 0) is 0 Å². The Kier molecular flexibility index (Phi) is 22.8. The third-order valence-corrected chi connectivity index (χ3v) is 5.31. The molecule has 0 aliphatic heterocycles. The van der Waals surface area contributed by atoms with E-state index < -0.39 is 0 Å². The summed E-state index contributed by atoms with van der Waals surface area (Å²) < 4.78 is 0. The summed E-state index contributed by atoms with van der Waals surface area (Å²) in [7, 11) is 0. The van der Waals surface area contributed by atoms with Crippen LogP contribution < -0.4 is 16.4 Å². The number of nitrogens with two attached hydrogens (primary N) is 1. The van der Waals surface area contributed by atoms with Crippen molar-refractivity contribution in [3.8, 4) is 0 Å². The highest BCUT2D eigenvalue weighted by molar-refractivity contribution is 4.67. The zero-order chi connectivity index (χ0) is 19.1. The van der Waals surface area contributed by atoms with Gasteiger partial charge in [0.25, 0.3) is 0 Å². The first-order valence-corrected chi connectivity index (χ1v) is 12.0. The smallest absolute Gasteiger partial charge is 0.00669 e. The molecule has 0 bridgehead atoms. The van der Waals surface area contributed by atoms with E-state index >= 15 is 0 Å². The summed E-state index contributed by atoms with van der Waals surface area (Å²) in [5, 5.41) is 7.27. The molecule has 0 saturated heterocycles. The highest BCUT2D eigenvalue weighted by atomic mass is 14.9. The molecule has 158 valence electrons. The summed E-state index contributed by atoms with van der Waals surface area (Å²) in [6.45, 7) is 8.80. The van der Waals surface area contributed by atoms with Gasteiger partial charge in [0.1, 0.15) is 0 Å². The number of hydrogen-bond acceptors (Lipinski definition) is 3. The molecule has 0 aliphatic carbocycles. The Balaban J connectivity index is 3.41. The van der Waals surface area contributed by atoms with Gasteiger partial charge < -0.3 is 16.4 Å². The third-order valence-electron chi connectivity index (χ3n) is 5.31. The quantitative estimate of drug-likeness (QED) is 0.212. The summed E-state index contributed by atoms with van der Waals surface area (Å²) in [4.78, 5) is 0. The summed E-state index contributed by atoms with van der Waals surface area (Å²) in [6, 6.07) is 0.749. The van der Waals surface area contributed by atoms with Crippen molar-refractivity contribution in [2.45, 2.75) is 123 Å². The molecule has 4 N–H and O–H groups in total. The maximum atomic E-state index is 5.50. The Morgan fingerprint density at radius 3 is 1.77 bits per heavy atom. The first-order chi connectivity index (χ1) is 12.8. The largest absolute Gasteiger partial charge is 0.330 e. The number of hydrogen-bond donors (Lipinski definition) is 3. The SMILES string of the molecule is CCCCCCCCCCCCC(CCC)NCCCCNCCCN. The van der Waals surface area contributed by atoms with Gasteiger partial charge in [-0.2, -0.15) is 0 Å². The summed E-state index contributed by atoms with van der Waals surface area (Å²) in [5.74, 6) is 0. The fourth-order valence-electron chi connectivity index (χ4n) is 3.61. The van der Waals surface area contributed by atoms with Gasteiger partial charge in [-0.25, -0.2) is 0 Å². The highest BCUT2D eigenvalue weighted by Gasteiger charge is 2.06. The molecular formula is C23H51N3. The second-order valence-electron chi connectivity index (χ2n) is 8.01. The van der Waals surface area contributed by atoms with E-state index in [2.05, 4.69) is 24.5 Å². The molecule has 0 fully saturated rings. The summed E-state index contributed by atoms with van der Waals surface area (Å²) in [5.41, 5.74) is 5.50. The molecule has 0 radical (unpaired) electrons. The molecule has 0 saturated carbocycles. The van der Waals surface area contributed by atoms with E-state index in [1.807, 2.05) is 0 Å². The van der Waals surface area contributed by atoms with Crippen molar-refractivity contribution in [1.29, 1.82) is 0 Å². The van der Waals surface area contributed by atoms with Crippen LogP contribution >= 0.6 is 0 Å². The van der Waals surface area contributed by atoms with Gasteiger partial charge >= 0.3 is 0 Å². The predicted molar refractivity (Wildman–Crippen MR) is 119 cm³/mol. The number of rotatable bonds is 22. The minimum absolute atomic E-state index is 0.749. The molecule has 1 unspecified atom stereocenters. The molecule has 0 spiro atoms. The van der Waals surface area contributed by atoms with Gasteiger partial charge in [-0.15, -0.1) is 0 Å². The van der Waals surface area contributed by atoms with Gasteiger partial charge in [-0.1, -0.05) is 84.5 Å². The van der Waals surface area contributed by atoms with Crippen LogP contribution in [0.1, 0.15) is 117 Å². The zero-order valence-corrected chi connectivity index (χ0v) is 18.3. The Labute approximate surface area is 165 Å². The van der Waals surface area contributed by atoms with E-state index in [0.717, 1.165) is 32.1 Å². The Morgan fingerprint density at radius 1 is 0.577 bits per heavy atom. The highest BCUT2D eigenvalue weighted by Crippen LogP contribution is 2.13.